The minimum Gasteiger partial charge on any atom is -0.351 e. The van der Waals surface area contributed by atoms with Crippen molar-refractivity contribution in [2.24, 2.45) is 7.05 Å². The Bertz CT molecular complexity index is 687. The number of likely N-dealkylation sites (tertiary alicyclic amines) is 1. The second-order valence-corrected chi connectivity index (χ2v) is 7.10. The predicted molar refractivity (Wildman–Crippen MR) is 93.1 cm³/mol. The van der Waals surface area contributed by atoms with E-state index in [-0.39, 0.29) is 23.6 Å². The Balaban J connectivity index is 1.69. The molecule has 0 aromatic carbocycles. The molecule has 3 rings (SSSR count). The summed E-state index contributed by atoms with van der Waals surface area (Å²) in [5.41, 5.74) is 0.847. The van der Waals surface area contributed by atoms with Crippen LogP contribution < -0.4 is 0 Å². The third kappa shape index (κ3) is 3.56. The van der Waals surface area contributed by atoms with Gasteiger partial charge in [-0.05, 0) is 42.8 Å². The number of rotatable bonds is 3. The molecule has 0 radical (unpaired) electrons. The normalized spacial score (nSPS) is 20.8. The molecule has 0 aliphatic carbocycles. The van der Waals surface area contributed by atoms with Crippen molar-refractivity contribution in [1.29, 1.82) is 0 Å². The van der Waals surface area contributed by atoms with E-state index in [9.17, 15) is 14.4 Å². The van der Waals surface area contributed by atoms with E-state index in [1.54, 1.807) is 11.0 Å². The maximum absolute atomic E-state index is 12.5. The minimum absolute atomic E-state index is 0.140. The van der Waals surface area contributed by atoms with Gasteiger partial charge in [0, 0.05) is 32.0 Å². The summed E-state index contributed by atoms with van der Waals surface area (Å²) in [6, 6.07) is 3.75. The zero-order valence-corrected chi connectivity index (χ0v) is 14.6. The van der Waals surface area contributed by atoms with Crippen molar-refractivity contribution >= 4 is 34.9 Å². The number of hydrogen-bond acceptors (Lipinski definition) is 4. The van der Waals surface area contributed by atoms with Crippen molar-refractivity contribution in [2.45, 2.75) is 25.7 Å². The monoisotopic (exact) mass is 347 g/mol. The first kappa shape index (κ1) is 16.8. The van der Waals surface area contributed by atoms with E-state index < -0.39 is 0 Å². The standard InChI is InChI=1S/C17H21N3O3S/c1-18-8-6-7-13(18)11-14-16(22)20(17(23)24-14)12-15(21)19-9-4-2-3-5-10-19/h6-8,11H,2-5,9-10,12H2,1H3. The topological polar surface area (TPSA) is 62.6 Å². The van der Waals surface area contributed by atoms with Crippen LogP contribution in [0.1, 0.15) is 31.4 Å². The van der Waals surface area contributed by atoms with Crippen LogP contribution in [0.15, 0.2) is 23.2 Å². The summed E-state index contributed by atoms with van der Waals surface area (Å²) in [5, 5.41) is -0.372. The number of carbonyl (C=O) groups excluding carboxylic acids is 3. The highest BCUT2D eigenvalue weighted by Crippen LogP contribution is 2.32. The first-order valence-corrected chi connectivity index (χ1v) is 9.02. The lowest BCUT2D eigenvalue weighted by Crippen LogP contribution is -2.42. The lowest BCUT2D eigenvalue weighted by Gasteiger charge is -2.22. The van der Waals surface area contributed by atoms with Crippen molar-refractivity contribution in [3.8, 4) is 0 Å². The van der Waals surface area contributed by atoms with Crippen LogP contribution in [0.25, 0.3) is 6.08 Å². The highest BCUT2D eigenvalue weighted by atomic mass is 32.2. The van der Waals surface area contributed by atoms with Gasteiger partial charge in [-0.15, -0.1) is 0 Å². The summed E-state index contributed by atoms with van der Waals surface area (Å²) < 4.78 is 1.87. The molecule has 128 valence electrons. The SMILES string of the molecule is Cn1cccc1C=C1SC(=O)N(CC(=O)N2CCCCCC2)C1=O. The van der Waals surface area contributed by atoms with E-state index in [1.165, 1.54) is 0 Å². The van der Waals surface area contributed by atoms with Crippen LogP contribution in [0, 0.1) is 0 Å². The summed E-state index contributed by atoms with van der Waals surface area (Å²) in [4.78, 5) is 40.2. The summed E-state index contributed by atoms with van der Waals surface area (Å²) >= 11 is 0.896. The fourth-order valence-corrected chi connectivity index (χ4v) is 3.77. The van der Waals surface area contributed by atoms with Crippen LogP contribution in [-0.4, -0.2) is 51.1 Å². The van der Waals surface area contributed by atoms with Gasteiger partial charge in [0.15, 0.2) is 0 Å². The maximum Gasteiger partial charge on any atom is 0.294 e. The molecule has 2 aliphatic heterocycles. The highest BCUT2D eigenvalue weighted by molar-refractivity contribution is 8.18. The van der Waals surface area contributed by atoms with Crippen molar-refractivity contribution in [2.75, 3.05) is 19.6 Å². The summed E-state index contributed by atoms with van der Waals surface area (Å²) in [7, 11) is 1.87. The molecular formula is C17H21N3O3S. The number of hydrogen-bond donors (Lipinski definition) is 0. The van der Waals surface area contributed by atoms with Gasteiger partial charge in [0.1, 0.15) is 6.54 Å². The molecule has 0 unspecified atom stereocenters. The molecular weight excluding hydrogens is 326 g/mol. The van der Waals surface area contributed by atoms with Crippen molar-refractivity contribution in [3.63, 3.8) is 0 Å². The van der Waals surface area contributed by atoms with Gasteiger partial charge < -0.3 is 9.47 Å². The van der Waals surface area contributed by atoms with Gasteiger partial charge in [0.05, 0.1) is 4.91 Å². The zero-order valence-electron chi connectivity index (χ0n) is 13.7. The van der Waals surface area contributed by atoms with Crippen LogP contribution in [-0.2, 0) is 16.6 Å². The molecule has 6 nitrogen and oxygen atoms in total. The molecule has 3 heterocycles. The molecule has 0 bridgehead atoms. The quantitative estimate of drug-likeness (QED) is 0.788. The van der Waals surface area contributed by atoms with Crippen LogP contribution in [0.3, 0.4) is 0 Å². The van der Waals surface area contributed by atoms with E-state index in [4.69, 9.17) is 0 Å². The lowest BCUT2D eigenvalue weighted by atomic mass is 10.2. The average molecular weight is 347 g/mol. The van der Waals surface area contributed by atoms with E-state index in [2.05, 4.69) is 0 Å². The smallest absolute Gasteiger partial charge is 0.294 e. The molecule has 0 spiro atoms. The molecule has 2 aliphatic rings. The second-order valence-electron chi connectivity index (χ2n) is 6.11. The Labute approximate surface area is 145 Å². The Morgan fingerprint density at radius 3 is 2.54 bits per heavy atom. The van der Waals surface area contributed by atoms with Crippen LogP contribution in [0.5, 0.6) is 0 Å². The average Bonchev–Trinajstić information content (AvgIpc) is 2.95. The number of nitrogens with zero attached hydrogens (tertiary/aromatic N) is 3. The summed E-state index contributed by atoms with van der Waals surface area (Å²) in [6.07, 6.45) is 7.80. The van der Waals surface area contributed by atoms with E-state index in [1.807, 2.05) is 29.9 Å². The van der Waals surface area contributed by atoms with Crippen molar-refractivity contribution in [3.05, 3.63) is 28.9 Å². The maximum atomic E-state index is 12.5. The molecule has 0 atom stereocenters. The Morgan fingerprint density at radius 2 is 1.92 bits per heavy atom. The Hall–Kier alpha value is -2.02. The van der Waals surface area contributed by atoms with Crippen LogP contribution in [0.4, 0.5) is 4.79 Å². The number of carbonyl (C=O) groups is 3. The second kappa shape index (κ2) is 7.25. The third-order valence-corrected chi connectivity index (χ3v) is 5.30. The van der Waals surface area contributed by atoms with E-state index in [0.717, 1.165) is 48.0 Å². The van der Waals surface area contributed by atoms with Gasteiger partial charge in [0.25, 0.3) is 11.1 Å². The predicted octanol–water partition coefficient (Wildman–Crippen LogP) is 2.46. The van der Waals surface area contributed by atoms with Gasteiger partial charge in [-0.3, -0.25) is 19.3 Å². The van der Waals surface area contributed by atoms with Crippen LogP contribution >= 0.6 is 11.8 Å². The number of amides is 3. The molecule has 1 aromatic heterocycles. The molecule has 0 saturated carbocycles. The first-order valence-electron chi connectivity index (χ1n) is 8.21. The summed E-state index contributed by atoms with van der Waals surface area (Å²) in [5.74, 6) is -0.520. The molecule has 24 heavy (non-hydrogen) atoms. The minimum atomic E-state index is -0.380. The molecule has 1 aromatic rings. The lowest BCUT2D eigenvalue weighted by molar-refractivity contribution is -0.135. The van der Waals surface area contributed by atoms with E-state index in [0.29, 0.717) is 18.0 Å². The zero-order chi connectivity index (χ0) is 17.1. The number of thioether (sulfide) groups is 1. The molecule has 2 saturated heterocycles. The highest BCUT2D eigenvalue weighted by Gasteiger charge is 2.37. The van der Waals surface area contributed by atoms with Crippen molar-refractivity contribution in [1.82, 2.24) is 14.4 Å². The van der Waals surface area contributed by atoms with E-state index >= 15 is 0 Å². The largest absolute Gasteiger partial charge is 0.351 e. The van der Waals surface area contributed by atoms with Gasteiger partial charge in [0.2, 0.25) is 5.91 Å². The fourth-order valence-electron chi connectivity index (χ4n) is 2.95. The third-order valence-electron chi connectivity index (χ3n) is 4.39. The number of imide groups is 1. The summed E-state index contributed by atoms with van der Waals surface area (Å²) in [6.45, 7) is 1.28. The molecule has 3 amide bonds. The molecule has 7 heteroatoms. The Morgan fingerprint density at radius 1 is 1.21 bits per heavy atom. The van der Waals surface area contributed by atoms with Gasteiger partial charge in [-0.2, -0.15) is 0 Å². The molecule has 0 N–H and O–H groups in total. The Kier molecular flexibility index (Phi) is 5.08. The van der Waals surface area contributed by atoms with Gasteiger partial charge >= 0.3 is 0 Å². The number of aromatic nitrogens is 1. The number of aryl methyl sites for hydroxylation is 1. The fraction of sp³-hybridized carbons (Fsp3) is 0.471. The van der Waals surface area contributed by atoms with Gasteiger partial charge in [-0.25, -0.2) is 0 Å². The first-order chi connectivity index (χ1) is 11.6. The molecule has 2 fully saturated rings. The van der Waals surface area contributed by atoms with Crippen LogP contribution in [0.2, 0.25) is 0 Å². The van der Waals surface area contributed by atoms with Gasteiger partial charge in [-0.1, -0.05) is 12.8 Å². The van der Waals surface area contributed by atoms with Crippen molar-refractivity contribution < 1.29 is 14.4 Å².